The Balaban J connectivity index is 1.11. The second kappa shape index (κ2) is 18.9. The number of rotatable bonds is 17. The molecule has 0 spiro atoms. The van der Waals surface area contributed by atoms with Gasteiger partial charge >= 0.3 is 11.9 Å². The molecule has 2 aromatic carbocycles. The van der Waals surface area contributed by atoms with Gasteiger partial charge < -0.3 is 14.2 Å². The number of hydrogen-bond acceptors (Lipinski definition) is 5. The van der Waals surface area contributed by atoms with Crippen LogP contribution in [0.3, 0.4) is 0 Å². The summed E-state index contributed by atoms with van der Waals surface area (Å²) >= 11 is 0. The van der Waals surface area contributed by atoms with E-state index in [2.05, 4.69) is 13.8 Å². The maximum absolute atomic E-state index is 12.7. The van der Waals surface area contributed by atoms with Gasteiger partial charge in [0.25, 0.3) is 0 Å². The van der Waals surface area contributed by atoms with Crippen LogP contribution in [0.15, 0.2) is 48.5 Å². The lowest BCUT2D eigenvalue weighted by Crippen LogP contribution is -2.25. The van der Waals surface area contributed by atoms with Crippen molar-refractivity contribution in [1.29, 1.82) is 0 Å². The smallest absolute Gasteiger partial charge is 0.343 e. The van der Waals surface area contributed by atoms with Gasteiger partial charge in [-0.25, -0.2) is 4.79 Å². The van der Waals surface area contributed by atoms with Crippen LogP contribution in [0.4, 0.5) is 0 Å². The van der Waals surface area contributed by atoms with E-state index in [0.717, 1.165) is 55.6 Å². The van der Waals surface area contributed by atoms with Crippen molar-refractivity contribution >= 4 is 11.9 Å². The fourth-order valence-corrected chi connectivity index (χ4v) is 7.05. The molecule has 2 saturated carbocycles. The van der Waals surface area contributed by atoms with Crippen LogP contribution in [0.5, 0.6) is 17.2 Å². The summed E-state index contributed by atoms with van der Waals surface area (Å²) in [5, 5.41) is 0. The number of hydrogen-bond donors (Lipinski definition) is 0. The Morgan fingerprint density at radius 2 is 1.02 bits per heavy atom. The fourth-order valence-electron chi connectivity index (χ4n) is 7.05. The van der Waals surface area contributed by atoms with Crippen LogP contribution in [0.1, 0.15) is 140 Å². The second-order valence-corrected chi connectivity index (χ2v) is 13.4. The standard InChI is InChI=1S/C39H56O5/c1-3-5-7-10-30-13-15-32(16-14-30)12-9-29-42-35-25-27-37(28-26-35)44-39(41)34-21-23-36(24-22-34)43-38(40)33-19-17-31(18-20-33)11-8-6-4-2/h21-28,30-33H,3-20,29H2,1-2H3/t30-,31-,32-,33-. The summed E-state index contributed by atoms with van der Waals surface area (Å²) in [5.41, 5.74) is 0.410. The average molecular weight is 605 g/mol. The second-order valence-electron chi connectivity index (χ2n) is 13.4. The average Bonchev–Trinajstić information content (AvgIpc) is 3.05. The van der Waals surface area contributed by atoms with E-state index in [9.17, 15) is 9.59 Å². The number of ether oxygens (including phenoxy) is 3. The molecule has 0 aromatic heterocycles. The maximum Gasteiger partial charge on any atom is 0.343 e. The van der Waals surface area contributed by atoms with E-state index in [1.165, 1.54) is 83.5 Å². The largest absolute Gasteiger partial charge is 0.494 e. The van der Waals surface area contributed by atoms with Crippen molar-refractivity contribution in [3.05, 3.63) is 54.1 Å². The molecule has 4 rings (SSSR count). The molecule has 0 saturated heterocycles. The van der Waals surface area contributed by atoms with Gasteiger partial charge in [-0.2, -0.15) is 0 Å². The first-order chi connectivity index (χ1) is 21.5. The van der Waals surface area contributed by atoms with Gasteiger partial charge in [0.2, 0.25) is 0 Å². The summed E-state index contributed by atoms with van der Waals surface area (Å²) < 4.78 is 17.2. The van der Waals surface area contributed by atoms with Gasteiger partial charge in [-0.1, -0.05) is 90.9 Å². The fraction of sp³-hybridized carbons (Fsp3) is 0.641. The third-order valence-corrected chi connectivity index (χ3v) is 9.95. The molecule has 0 radical (unpaired) electrons. The Labute approximate surface area is 266 Å². The van der Waals surface area contributed by atoms with E-state index in [0.29, 0.717) is 23.7 Å². The molecular formula is C39H56O5. The van der Waals surface area contributed by atoms with Gasteiger partial charge in [0.05, 0.1) is 18.1 Å². The summed E-state index contributed by atoms with van der Waals surface area (Å²) in [6, 6.07) is 13.9. The molecule has 44 heavy (non-hydrogen) atoms. The Hall–Kier alpha value is -2.82. The molecule has 0 heterocycles. The van der Waals surface area contributed by atoms with Crippen LogP contribution in [0, 0.1) is 23.7 Å². The molecule has 2 aromatic rings. The summed E-state index contributed by atoms with van der Waals surface area (Å²) in [6.45, 7) is 5.23. The zero-order valence-corrected chi connectivity index (χ0v) is 27.4. The molecule has 0 aliphatic heterocycles. The van der Waals surface area contributed by atoms with Gasteiger partial charge in [-0.05, 0) is 105 Å². The van der Waals surface area contributed by atoms with Crippen molar-refractivity contribution in [3.63, 3.8) is 0 Å². The van der Waals surface area contributed by atoms with Crippen molar-refractivity contribution in [1.82, 2.24) is 0 Å². The highest BCUT2D eigenvalue weighted by Crippen LogP contribution is 2.35. The number of carbonyl (C=O) groups is 2. The van der Waals surface area contributed by atoms with Crippen molar-refractivity contribution in [2.75, 3.05) is 6.61 Å². The zero-order valence-electron chi connectivity index (χ0n) is 27.4. The Morgan fingerprint density at radius 3 is 1.57 bits per heavy atom. The minimum Gasteiger partial charge on any atom is -0.494 e. The quantitative estimate of drug-likeness (QED) is 0.102. The topological polar surface area (TPSA) is 61.8 Å². The van der Waals surface area contributed by atoms with Crippen LogP contribution in [0.25, 0.3) is 0 Å². The number of benzene rings is 2. The van der Waals surface area contributed by atoms with E-state index in [1.54, 1.807) is 36.4 Å². The van der Waals surface area contributed by atoms with Gasteiger partial charge in [-0.15, -0.1) is 0 Å². The molecular weight excluding hydrogens is 548 g/mol. The minimum atomic E-state index is -0.446. The summed E-state index contributed by atoms with van der Waals surface area (Å²) in [4.78, 5) is 25.4. The Kier molecular flexibility index (Phi) is 14.6. The normalized spacial score (nSPS) is 21.9. The molecule has 0 atom stereocenters. The molecule has 0 amide bonds. The summed E-state index contributed by atoms with van der Waals surface area (Å²) in [6.07, 6.45) is 22.6. The van der Waals surface area contributed by atoms with Gasteiger partial charge in [0, 0.05) is 0 Å². The predicted molar refractivity (Wildman–Crippen MR) is 177 cm³/mol. The van der Waals surface area contributed by atoms with Crippen LogP contribution in [0.2, 0.25) is 0 Å². The monoisotopic (exact) mass is 604 g/mol. The van der Waals surface area contributed by atoms with Gasteiger partial charge in [-0.3, -0.25) is 4.79 Å². The van der Waals surface area contributed by atoms with Crippen molar-refractivity contribution in [3.8, 4) is 17.2 Å². The maximum atomic E-state index is 12.7. The molecule has 2 aliphatic rings. The highest BCUT2D eigenvalue weighted by Gasteiger charge is 2.27. The molecule has 242 valence electrons. The lowest BCUT2D eigenvalue weighted by atomic mass is 9.78. The number of carbonyl (C=O) groups excluding carboxylic acids is 2. The van der Waals surface area contributed by atoms with E-state index in [1.807, 2.05) is 12.1 Å². The Morgan fingerprint density at radius 1 is 0.568 bits per heavy atom. The first-order valence-electron chi connectivity index (χ1n) is 17.8. The molecule has 2 aliphatic carbocycles. The van der Waals surface area contributed by atoms with E-state index in [4.69, 9.17) is 14.2 Å². The molecule has 0 N–H and O–H groups in total. The number of esters is 2. The van der Waals surface area contributed by atoms with Crippen LogP contribution in [-0.4, -0.2) is 18.5 Å². The lowest BCUT2D eigenvalue weighted by molar-refractivity contribution is -0.140. The van der Waals surface area contributed by atoms with E-state index in [-0.39, 0.29) is 11.9 Å². The first kappa shape index (κ1) is 34.1. The van der Waals surface area contributed by atoms with E-state index >= 15 is 0 Å². The van der Waals surface area contributed by atoms with E-state index < -0.39 is 5.97 Å². The third kappa shape index (κ3) is 11.6. The van der Waals surface area contributed by atoms with Crippen LogP contribution < -0.4 is 14.2 Å². The molecule has 5 nitrogen and oxygen atoms in total. The minimum absolute atomic E-state index is 0.0288. The summed E-state index contributed by atoms with van der Waals surface area (Å²) in [5.74, 6) is 3.67. The predicted octanol–water partition coefficient (Wildman–Crippen LogP) is 10.7. The highest BCUT2D eigenvalue weighted by molar-refractivity contribution is 5.91. The lowest BCUT2D eigenvalue weighted by Gasteiger charge is -2.28. The molecule has 2 fully saturated rings. The van der Waals surface area contributed by atoms with Crippen molar-refractivity contribution < 1.29 is 23.8 Å². The van der Waals surface area contributed by atoms with Crippen LogP contribution >= 0.6 is 0 Å². The molecule has 5 heteroatoms. The highest BCUT2D eigenvalue weighted by atomic mass is 16.5. The Bertz CT molecular complexity index is 1090. The van der Waals surface area contributed by atoms with Crippen molar-refractivity contribution in [2.45, 2.75) is 129 Å². The van der Waals surface area contributed by atoms with Crippen LogP contribution in [-0.2, 0) is 4.79 Å². The third-order valence-electron chi connectivity index (χ3n) is 9.95. The molecule has 0 unspecified atom stereocenters. The van der Waals surface area contributed by atoms with Gasteiger partial charge in [0.15, 0.2) is 0 Å². The molecule has 0 bridgehead atoms. The van der Waals surface area contributed by atoms with Crippen molar-refractivity contribution in [2.24, 2.45) is 23.7 Å². The van der Waals surface area contributed by atoms with Gasteiger partial charge in [0.1, 0.15) is 17.2 Å². The number of unbranched alkanes of at least 4 members (excludes halogenated alkanes) is 4. The SMILES string of the molecule is CCCCC[C@H]1CC[C@H](CCCOc2ccc(OC(=O)c3ccc(OC(=O)[C@H]4CC[C@H](CCCCC)CC4)cc3)cc2)CC1. The summed E-state index contributed by atoms with van der Waals surface area (Å²) in [7, 11) is 0. The first-order valence-corrected chi connectivity index (χ1v) is 17.8. The zero-order chi connectivity index (χ0) is 31.0.